The molecule has 3 atom stereocenters. The van der Waals surface area contributed by atoms with Gasteiger partial charge in [-0.3, -0.25) is 23.7 Å². The summed E-state index contributed by atoms with van der Waals surface area (Å²) in [5.41, 5.74) is -1.11. The number of aromatic nitrogens is 1. The van der Waals surface area contributed by atoms with Gasteiger partial charge in [-0.2, -0.15) is 13.2 Å². The Bertz CT molecular complexity index is 2010. The van der Waals surface area contributed by atoms with E-state index < -0.39 is 57.1 Å². The number of rotatable bonds is 5. The van der Waals surface area contributed by atoms with Crippen LogP contribution in [0.4, 0.5) is 24.5 Å². The van der Waals surface area contributed by atoms with Crippen molar-refractivity contribution in [1.29, 1.82) is 0 Å². The molecule has 222 valence electrons. The third-order valence-corrected chi connectivity index (χ3v) is 10.3. The van der Waals surface area contributed by atoms with Crippen molar-refractivity contribution < 1.29 is 32.0 Å². The van der Waals surface area contributed by atoms with Gasteiger partial charge in [-0.05, 0) is 35.7 Å². The number of thiazole rings is 1. The number of amides is 3. The number of nitrogens with one attached hydrogen (secondary N) is 1. The van der Waals surface area contributed by atoms with E-state index in [0.717, 1.165) is 46.0 Å². The van der Waals surface area contributed by atoms with E-state index in [2.05, 4.69) is 5.32 Å². The van der Waals surface area contributed by atoms with E-state index in [1.807, 2.05) is 30.3 Å². The molecule has 0 radical (unpaired) electrons. The van der Waals surface area contributed by atoms with Crippen LogP contribution >= 0.6 is 23.1 Å². The predicted molar refractivity (Wildman–Crippen MR) is 159 cm³/mol. The zero-order valence-electron chi connectivity index (χ0n) is 22.4. The maximum absolute atomic E-state index is 13.9. The van der Waals surface area contributed by atoms with Crippen LogP contribution in [0.5, 0.6) is 0 Å². The first-order chi connectivity index (χ1) is 21.1. The summed E-state index contributed by atoms with van der Waals surface area (Å²) in [5, 5.41) is 3.71. The molecule has 8 nitrogen and oxygen atoms in total. The Kier molecular flexibility index (Phi) is 6.74. The molecule has 7 rings (SSSR count). The average Bonchev–Trinajstić information content (AvgIpc) is 3.70. The van der Waals surface area contributed by atoms with Gasteiger partial charge >= 0.3 is 11.0 Å². The van der Waals surface area contributed by atoms with E-state index >= 15 is 0 Å². The molecule has 0 aliphatic carbocycles. The van der Waals surface area contributed by atoms with E-state index in [1.54, 1.807) is 24.3 Å². The van der Waals surface area contributed by atoms with Crippen LogP contribution in [0.1, 0.15) is 22.1 Å². The lowest BCUT2D eigenvalue weighted by Crippen LogP contribution is -2.33. The zero-order valence-corrected chi connectivity index (χ0v) is 24.0. The molecule has 2 aliphatic rings. The first-order valence-corrected chi connectivity index (χ1v) is 15.1. The number of halogens is 3. The highest BCUT2D eigenvalue weighted by Crippen LogP contribution is 2.54. The standard InChI is InChI=1S/C31H20F3N3O5S2/c32-31(33,34)18-10-3-4-12-20(18)37-27(39)24-23(21-13-6-14-42-21)26-29(43-25(24)28(37)40)36(30(41)44-26)15-22(38)35-19-11-5-8-16-7-1-2-9-17(16)19/h1-14,23-25H,15H2,(H,35,38)/t23-,24?,25?/m1/s1. The van der Waals surface area contributed by atoms with Gasteiger partial charge in [0.25, 0.3) is 0 Å². The van der Waals surface area contributed by atoms with Crippen molar-refractivity contribution in [3.63, 3.8) is 0 Å². The fraction of sp³-hybridized carbons (Fsp3) is 0.161. The van der Waals surface area contributed by atoms with Gasteiger partial charge in [-0.25, -0.2) is 4.90 Å². The predicted octanol–water partition coefficient (Wildman–Crippen LogP) is 6.11. The highest BCUT2D eigenvalue weighted by molar-refractivity contribution is 8.00. The number of nitrogens with zero attached hydrogens (tertiary/aromatic N) is 2. The highest BCUT2D eigenvalue weighted by Gasteiger charge is 2.58. The number of alkyl halides is 3. The van der Waals surface area contributed by atoms with Crippen LogP contribution in [0.25, 0.3) is 10.8 Å². The second kappa shape index (κ2) is 10.5. The normalized spacial score (nSPS) is 19.7. The molecule has 0 spiro atoms. The van der Waals surface area contributed by atoms with Crippen LogP contribution in [-0.4, -0.2) is 27.5 Å². The fourth-order valence-corrected chi connectivity index (χ4v) is 8.60. The molecule has 0 saturated carbocycles. The summed E-state index contributed by atoms with van der Waals surface area (Å²) in [5.74, 6) is -3.93. The molecular formula is C31H20F3N3O5S2. The number of anilines is 2. The first-order valence-electron chi connectivity index (χ1n) is 13.4. The van der Waals surface area contributed by atoms with E-state index in [0.29, 0.717) is 20.5 Å². The topological polar surface area (TPSA) is 102 Å². The molecule has 3 aromatic carbocycles. The molecule has 2 aliphatic heterocycles. The zero-order chi connectivity index (χ0) is 30.7. The van der Waals surface area contributed by atoms with Gasteiger partial charge in [-0.15, -0.1) is 0 Å². The van der Waals surface area contributed by atoms with Crippen LogP contribution in [0.15, 0.2) is 99.4 Å². The second-order valence-electron chi connectivity index (χ2n) is 10.3. The summed E-state index contributed by atoms with van der Waals surface area (Å²) in [6, 6.07) is 20.5. The van der Waals surface area contributed by atoms with Crippen LogP contribution in [0, 0.1) is 5.92 Å². The number of furan rings is 1. The van der Waals surface area contributed by atoms with Crippen molar-refractivity contribution in [3.8, 4) is 0 Å². The maximum atomic E-state index is 13.9. The molecule has 44 heavy (non-hydrogen) atoms. The van der Waals surface area contributed by atoms with Crippen LogP contribution in [0.3, 0.4) is 0 Å². The maximum Gasteiger partial charge on any atom is 0.418 e. The van der Waals surface area contributed by atoms with Crippen LogP contribution in [-0.2, 0) is 27.1 Å². The molecule has 0 bridgehead atoms. The van der Waals surface area contributed by atoms with Gasteiger partial charge in [0.15, 0.2) is 0 Å². The van der Waals surface area contributed by atoms with Crippen molar-refractivity contribution in [2.24, 2.45) is 5.92 Å². The van der Waals surface area contributed by atoms with Crippen molar-refractivity contribution in [1.82, 2.24) is 4.57 Å². The van der Waals surface area contributed by atoms with Gasteiger partial charge in [0, 0.05) is 11.1 Å². The molecule has 3 amide bonds. The van der Waals surface area contributed by atoms with E-state index in [-0.39, 0.29) is 12.3 Å². The molecule has 2 aromatic heterocycles. The number of carbonyl (C=O) groups is 3. The molecule has 5 aromatic rings. The summed E-state index contributed by atoms with van der Waals surface area (Å²) in [6.07, 6.45) is -3.43. The Labute approximate surface area is 255 Å². The molecule has 13 heteroatoms. The van der Waals surface area contributed by atoms with Crippen molar-refractivity contribution in [2.45, 2.75) is 28.9 Å². The first kappa shape index (κ1) is 28.2. The van der Waals surface area contributed by atoms with Crippen molar-refractivity contribution in [3.05, 3.63) is 111 Å². The Morgan fingerprint density at radius 3 is 2.43 bits per heavy atom. The van der Waals surface area contributed by atoms with Gasteiger partial charge in [0.2, 0.25) is 17.7 Å². The quantitative estimate of drug-likeness (QED) is 0.234. The summed E-state index contributed by atoms with van der Waals surface area (Å²) in [4.78, 5) is 54.7. The van der Waals surface area contributed by atoms with E-state index in [4.69, 9.17) is 4.42 Å². The third-order valence-electron chi connectivity index (χ3n) is 7.71. The van der Waals surface area contributed by atoms with Gasteiger partial charge in [-0.1, -0.05) is 71.6 Å². The lowest BCUT2D eigenvalue weighted by atomic mass is 9.86. The van der Waals surface area contributed by atoms with Crippen molar-refractivity contribution >= 4 is 63.0 Å². The molecule has 1 N–H and O–H groups in total. The van der Waals surface area contributed by atoms with Crippen LogP contribution < -0.4 is 15.1 Å². The number of benzene rings is 3. The molecule has 2 unspecified atom stereocenters. The number of carbonyl (C=O) groups excluding carboxylic acids is 3. The number of thioether (sulfide) groups is 1. The SMILES string of the molecule is O=C(Cn1c2c(sc1=O)[C@H](c1ccco1)C1C(=O)N(c3ccccc3C(F)(F)F)C(=O)C1S2)Nc1cccc2ccccc12. The van der Waals surface area contributed by atoms with Crippen molar-refractivity contribution in [2.75, 3.05) is 10.2 Å². The monoisotopic (exact) mass is 635 g/mol. The number of imide groups is 1. The molecule has 1 saturated heterocycles. The Morgan fingerprint density at radius 1 is 0.909 bits per heavy atom. The van der Waals surface area contributed by atoms with Gasteiger partial charge in [0.1, 0.15) is 17.6 Å². The number of para-hydroxylation sites is 1. The number of hydrogen-bond donors (Lipinski definition) is 1. The molecule has 1 fully saturated rings. The third kappa shape index (κ3) is 4.54. The van der Waals surface area contributed by atoms with E-state index in [9.17, 15) is 32.3 Å². The largest absolute Gasteiger partial charge is 0.469 e. The summed E-state index contributed by atoms with van der Waals surface area (Å²) < 4.78 is 48.6. The van der Waals surface area contributed by atoms with E-state index in [1.165, 1.54) is 23.0 Å². The smallest absolute Gasteiger partial charge is 0.418 e. The second-order valence-corrected chi connectivity index (χ2v) is 12.4. The minimum Gasteiger partial charge on any atom is -0.469 e. The fourth-order valence-electron chi connectivity index (χ4n) is 5.84. The highest BCUT2D eigenvalue weighted by atomic mass is 32.2. The minimum absolute atomic E-state index is 0.280. The number of fused-ring (bicyclic) bond motifs is 3. The lowest BCUT2D eigenvalue weighted by Gasteiger charge is -2.29. The minimum atomic E-state index is -4.81. The average molecular weight is 636 g/mol. The van der Waals surface area contributed by atoms with Gasteiger partial charge < -0.3 is 9.73 Å². The Balaban J connectivity index is 1.27. The summed E-state index contributed by atoms with van der Waals surface area (Å²) >= 11 is 1.72. The van der Waals surface area contributed by atoms with Crippen LogP contribution in [0.2, 0.25) is 0 Å². The molecule has 4 heterocycles. The Hall–Kier alpha value is -4.62. The number of hydrogen-bond acceptors (Lipinski definition) is 7. The summed E-state index contributed by atoms with van der Waals surface area (Å²) in [6.45, 7) is -0.383. The molecular weight excluding hydrogens is 615 g/mol. The van der Waals surface area contributed by atoms with Gasteiger partial charge in [0.05, 0.1) is 39.3 Å². The summed E-state index contributed by atoms with van der Waals surface area (Å²) in [7, 11) is 0. The Morgan fingerprint density at radius 2 is 1.66 bits per heavy atom. The lowest BCUT2D eigenvalue weighted by molar-refractivity contribution is -0.137.